The maximum Gasteiger partial charge on any atom is 0.407 e. The van der Waals surface area contributed by atoms with Crippen molar-refractivity contribution in [3.8, 4) is 0 Å². The van der Waals surface area contributed by atoms with Gasteiger partial charge in [0.05, 0.1) is 0 Å². The number of carbonyl (C=O) groups is 1. The van der Waals surface area contributed by atoms with Gasteiger partial charge in [0.25, 0.3) is 0 Å². The van der Waals surface area contributed by atoms with E-state index in [2.05, 4.69) is 10.1 Å². The molecule has 0 saturated carbocycles. The molecule has 0 spiro atoms. The maximum absolute atomic E-state index is 10.4. The number of aliphatic hydroxyl groups excluding tert-OH is 1. The van der Waals surface area contributed by atoms with Crippen molar-refractivity contribution in [2.75, 3.05) is 13.2 Å². The third-order valence-corrected chi connectivity index (χ3v) is 0.706. The molecule has 0 saturated heterocycles. The average molecular weight is 148 g/mol. The molecule has 0 aromatic heterocycles. The first-order valence-corrected chi connectivity index (χ1v) is 3.01. The number of nitrogens with one attached hydrogen (secondary N) is 1. The van der Waals surface area contributed by atoms with Crippen LogP contribution in [-0.2, 0) is 4.74 Å². The molecule has 5 nitrogen and oxygen atoms in total. The topological polar surface area (TPSA) is 84.6 Å². The fraction of sp³-hybridized carbons (Fsp3) is 0.800. The number of rotatable bonds is 3. The summed E-state index contributed by atoms with van der Waals surface area (Å²) >= 11 is 0. The molecule has 0 heterocycles. The summed E-state index contributed by atoms with van der Waals surface area (Å²) in [6, 6.07) is 0. The SMILES string of the molecule is CCNC(=O)OCC(N)O. The van der Waals surface area contributed by atoms with E-state index < -0.39 is 12.3 Å². The molecule has 0 aromatic rings. The summed E-state index contributed by atoms with van der Waals surface area (Å²) in [5.41, 5.74) is 4.89. The quantitative estimate of drug-likeness (QED) is 0.448. The van der Waals surface area contributed by atoms with Crippen molar-refractivity contribution < 1.29 is 14.6 Å². The molecule has 5 heteroatoms. The molecule has 10 heavy (non-hydrogen) atoms. The van der Waals surface area contributed by atoms with Gasteiger partial charge >= 0.3 is 6.09 Å². The second-order valence-corrected chi connectivity index (χ2v) is 1.70. The molecular formula is C5H12N2O3. The van der Waals surface area contributed by atoms with Crippen LogP contribution in [-0.4, -0.2) is 30.6 Å². The molecule has 0 aliphatic heterocycles. The van der Waals surface area contributed by atoms with Gasteiger partial charge in [-0.05, 0) is 6.92 Å². The van der Waals surface area contributed by atoms with E-state index in [1.165, 1.54) is 0 Å². The first kappa shape index (κ1) is 9.19. The fourth-order valence-electron chi connectivity index (χ4n) is 0.356. The van der Waals surface area contributed by atoms with Gasteiger partial charge in [-0.1, -0.05) is 0 Å². The van der Waals surface area contributed by atoms with Gasteiger partial charge in [0.2, 0.25) is 0 Å². The molecule has 0 radical (unpaired) electrons. The van der Waals surface area contributed by atoms with Crippen LogP contribution in [0.15, 0.2) is 0 Å². The second-order valence-electron chi connectivity index (χ2n) is 1.70. The normalized spacial score (nSPS) is 12.3. The van der Waals surface area contributed by atoms with E-state index in [1.54, 1.807) is 6.92 Å². The largest absolute Gasteiger partial charge is 0.445 e. The van der Waals surface area contributed by atoms with E-state index in [4.69, 9.17) is 10.8 Å². The molecule has 1 amide bonds. The Balaban J connectivity index is 3.22. The molecule has 0 aliphatic rings. The maximum atomic E-state index is 10.4. The Hall–Kier alpha value is -0.810. The molecule has 0 fully saturated rings. The lowest BCUT2D eigenvalue weighted by Gasteiger charge is -2.05. The third kappa shape index (κ3) is 5.33. The summed E-state index contributed by atoms with van der Waals surface area (Å²) in [6.07, 6.45) is -1.66. The zero-order valence-electron chi connectivity index (χ0n) is 5.83. The standard InChI is InChI=1S/C5H12N2O3/c1-2-7-5(9)10-3-4(6)8/h4,8H,2-3,6H2,1H3,(H,7,9). The van der Waals surface area contributed by atoms with Gasteiger partial charge in [0, 0.05) is 6.54 Å². The van der Waals surface area contributed by atoms with E-state index in [1.807, 2.05) is 0 Å². The van der Waals surface area contributed by atoms with E-state index >= 15 is 0 Å². The lowest BCUT2D eigenvalue weighted by molar-refractivity contribution is 0.0721. The van der Waals surface area contributed by atoms with Gasteiger partial charge in [-0.3, -0.25) is 0 Å². The average Bonchev–Trinajstić information content (AvgIpc) is 1.85. The highest BCUT2D eigenvalue weighted by atomic mass is 16.6. The molecule has 60 valence electrons. The van der Waals surface area contributed by atoms with Crippen molar-refractivity contribution in [2.45, 2.75) is 13.2 Å². The van der Waals surface area contributed by atoms with Crippen LogP contribution in [0.5, 0.6) is 0 Å². The fourth-order valence-corrected chi connectivity index (χ4v) is 0.356. The Morgan fingerprint density at radius 1 is 1.90 bits per heavy atom. The van der Waals surface area contributed by atoms with Crippen LogP contribution in [0, 0.1) is 0 Å². The first-order chi connectivity index (χ1) is 4.66. The number of nitrogens with two attached hydrogens (primary N) is 1. The van der Waals surface area contributed by atoms with Crippen LogP contribution < -0.4 is 11.1 Å². The minimum absolute atomic E-state index is 0.175. The van der Waals surface area contributed by atoms with E-state index in [0.717, 1.165) is 0 Å². The van der Waals surface area contributed by atoms with Crippen LogP contribution in [0.25, 0.3) is 0 Å². The van der Waals surface area contributed by atoms with E-state index in [-0.39, 0.29) is 6.61 Å². The van der Waals surface area contributed by atoms with Crippen LogP contribution >= 0.6 is 0 Å². The first-order valence-electron chi connectivity index (χ1n) is 3.01. The zero-order chi connectivity index (χ0) is 7.98. The molecule has 0 aromatic carbocycles. The summed E-state index contributed by atoms with van der Waals surface area (Å²) in [4.78, 5) is 10.4. The zero-order valence-corrected chi connectivity index (χ0v) is 5.83. The van der Waals surface area contributed by atoms with Crippen LogP contribution in [0.4, 0.5) is 4.79 Å². The monoisotopic (exact) mass is 148 g/mol. The van der Waals surface area contributed by atoms with Crippen molar-refractivity contribution in [3.63, 3.8) is 0 Å². The summed E-state index contributed by atoms with van der Waals surface area (Å²) in [5, 5.41) is 10.8. The Labute approximate surface area is 59.2 Å². The van der Waals surface area contributed by atoms with Gasteiger partial charge in [-0.25, -0.2) is 4.79 Å². The van der Waals surface area contributed by atoms with Crippen molar-refractivity contribution >= 4 is 6.09 Å². The van der Waals surface area contributed by atoms with Crippen LogP contribution in [0.2, 0.25) is 0 Å². The lowest BCUT2D eigenvalue weighted by Crippen LogP contribution is -2.31. The van der Waals surface area contributed by atoms with Gasteiger partial charge in [-0.2, -0.15) is 0 Å². The van der Waals surface area contributed by atoms with Gasteiger partial charge < -0.3 is 20.9 Å². The second kappa shape index (κ2) is 5.01. The van der Waals surface area contributed by atoms with Crippen LogP contribution in [0.1, 0.15) is 6.92 Å². The molecule has 0 aliphatic carbocycles. The van der Waals surface area contributed by atoms with Gasteiger partial charge in [0.1, 0.15) is 12.8 Å². The number of carbonyl (C=O) groups excluding carboxylic acids is 1. The Bertz CT molecular complexity index is 105. The van der Waals surface area contributed by atoms with Crippen molar-refractivity contribution in [2.24, 2.45) is 5.73 Å². The highest BCUT2D eigenvalue weighted by Crippen LogP contribution is 1.78. The predicted molar refractivity (Wildman–Crippen MR) is 35.2 cm³/mol. The smallest absolute Gasteiger partial charge is 0.407 e. The summed E-state index contributed by atoms with van der Waals surface area (Å²) in [5.74, 6) is 0. The number of alkyl carbamates (subject to hydrolysis) is 1. The Morgan fingerprint density at radius 2 is 2.50 bits per heavy atom. The number of ether oxygens (including phenoxy) is 1. The summed E-state index contributed by atoms with van der Waals surface area (Å²) < 4.78 is 4.42. The highest BCUT2D eigenvalue weighted by molar-refractivity contribution is 5.66. The molecule has 1 atom stereocenters. The molecule has 0 bridgehead atoms. The number of aliphatic hydroxyl groups is 1. The Kier molecular flexibility index (Phi) is 4.61. The third-order valence-electron chi connectivity index (χ3n) is 0.706. The van der Waals surface area contributed by atoms with Gasteiger partial charge in [0.15, 0.2) is 0 Å². The summed E-state index contributed by atoms with van der Waals surface area (Å²) in [6.45, 7) is 2.09. The molecule has 1 unspecified atom stereocenters. The van der Waals surface area contributed by atoms with Crippen molar-refractivity contribution in [1.82, 2.24) is 5.32 Å². The lowest BCUT2D eigenvalue weighted by atomic mass is 10.6. The number of hydrogen-bond donors (Lipinski definition) is 3. The van der Waals surface area contributed by atoms with Crippen molar-refractivity contribution in [3.05, 3.63) is 0 Å². The minimum atomic E-state index is -1.09. The van der Waals surface area contributed by atoms with E-state index in [9.17, 15) is 4.79 Å². The summed E-state index contributed by atoms with van der Waals surface area (Å²) in [7, 11) is 0. The molecular weight excluding hydrogens is 136 g/mol. The predicted octanol–water partition coefficient (Wildman–Crippen LogP) is -0.990. The van der Waals surface area contributed by atoms with Gasteiger partial charge in [-0.15, -0.1) is 0 Å². The minimum Gasteiger partial charge on any atom is -0.445 e. The highest BCUT2D eigenvalue weighted by Gasteiger charge is 2.01. The number of hydrogen-bond acceptors (Lipinski definition) is 4. The molecule has 0 rings (SSSR count). The molecule has 4 N–H and O–H groups in total. The van der Waals surface area contributed by atoms with Crippen molar-refractivity contribution in [1.29, 1.82) is 0 Å². The van der Waals surface area contributed by atoms with E-state index in [0.29, 0.717) is 6.54 Å². The Morgan fingerprint density at radius 3 is 2.90 bits per heavy atom. The van der Waals surface area contributed by atoms with Crippen LogP contribution in [0.3, 0.4) is 0 Å². The number of amides is 1.